The van der Waals surface area contributed by atoms with Gasteiger partial charge in [-0.1, -0.05) is 17.7 Å². The van der Waals surface area contributed by atoms with Crippen LogP contribution in [-0.4, -0.2) is 19.6 Å². The molecule has 5 heteroatoms. The number of benzene rings is 1. The third kappa shape index (κ3) is 4.23. The van der Waals surface area contributed by atoms with E-state index >= 15 is 0 Å². The van der Waals surface area contributed by atoms with Crippen LogP contribution in [-0.2, 0) is 0 Å². The van der Waals surface area contributed by atoms with E-state index < -0.39 is 6.61 Å². The summed E-state index contributed by atoms with van der Waals surface area (Å²) in [7, 11) is 1.40. The molecule has 1 aromatic carbocycles. The lowest BCUT2D eigenvalue weighted by Gasteiger charge is -2.10. The topological polar surface area (TPSA) is 18.5 Å². The fourth-order valence-corrected chi connectivity index (χ4v) is 1.37. The Hall–Kier alpha value is -1.29. The summed E-state index contributed by atoms with van der Waals surface area (Å²) in [5, 5.41) is 0. The van der Waals surface area contributed by atoms with Crippen molar-refractivity contribution < 1.29 is 18.3 Å². The molecule has 2 nitrogen and oxygen atoms in total. The van der Waals surface area contributed by atoms with Gasteiger partial charge in [0, 0.05) is 5.88 Å². The van der Waals surface area contributed by atoms with Gasteiger partial charge in [0.25, 0.3) is 0 Å². The molecule has 0 amide bonds. The van der Waals surface area contributed by atoms with E-state index in [0.717, 1.165) is 11.1 Å². The van der Waals surface area contributed by atoms with Crippen molar-refractivity contribution in [3.63, 3.8) is 0 Å². The highest BCUT2D eigenvalue weighted by Crippen LogP contribution is 2.30. The predicted molar refractivity (Wildman–Crippen MR) is 64.0 cm³/mol. The van der Waals surface area contributed by atoms with Crippen LogP contribution in [0.25, 0.3) is 6.08 Å². The fourth-order valence-electron chi connectivity index (χ4n) is 1.29. The molecule has 0 saturated heterocycles. The van der Waals surface area contributed by atoms with E-state index in [0.29, 0.717) is 5.88 Å². The van der Waals surface area contributed by atoms with Gasteiger partial charge in [-0.15, -0.1) is 11.6 Å². The molecular formula is C12H13ClF2O2. The molecule has 0 fully saturated rings. The summed E-state index contributed by atoms with van der Waals surface area (Å²) in [4.78, 5) is 0. The molecule has 17 heavy (non-hydrogen) atoms. The Morgan fingerprint density at radius 3 is 2.65 bits per heavy atom. The van der Waals surface area contributed by atoms with Crippen LogP contribution < -0.4 is 9.47 Å². The third-order valence-corrected chi connectivity index (χ3v) is 2.45. The highest BCUT2D eigenvalue weighted by molar-refractivity contribution is 6.19. The quantitative estimate of drug-likeness (QED) is 0.749. The van der Waals surface area contributed by atoms with E-state index in [9.17, 15) is 8.78 Å². The SMILES string of the molecule is COc1cc(C=C(C)CCl)ccc1OC(F)F. The smallest absolute Gasteiger partial charge is 0.387 e. The van der Waals surface area contributed by atoms with Crippen molar-refractivity contribution in [3.05, 3.63) is 29.3 Å². The van der Waals surface area contributed by atoms with E-state index in [2.05, 4.69) is 4.74 Å². The molecule has 1 aromatic rings. The van der Waals surface area contributed by atoms with E-state index in [-0.39, 0.29) is 11.5 Å². The third-order valence-electron chi connectivity index (χ3n) is 2.03. The second-order valence-corrected chi connectivity index (χ2v) is 3.68. The summed E-state index contributed by atoms with van der Waals surface area (Å²) < 4.78 is 33.5. The first kappa shape index (κ1) is 13.8. The van der Waals surface area contributed by atoms with E-state index in [4.69, 9.17) is 16.3 Å². The number of alkyl halides is 3. The molecule has 0 saturated carbocycles. The zero-order valence-corrected chi connectivity index (χ0v) is 10.3. The Bertz CT molecular complexity index is 405. The van der Waals surface area contributed by atoms with E-state index in [1.807, 2.05) is 13.0 Å². The molecule has 0 atom stereocenters. The summed E-state index contributed by atoms with van der Waals surface area (Å²) in [5.74, 6) is 0.696. The lowest BCUT2D eigenvalue weighted by atomic mass is 10.1. The molecule has 0 aliphatic carbocycles. The molecule has 0 heterocycles. The Balaban J connectivity index is 3.00. The summed E-state index contributed by atoms with van der Waals surface area (Å²) in [5.41, 5.74) is 1.79. The zero-order valence-electron chi connectivity index (χ0n) is 9.54. The minimum absolute atomic E-state index is 0.0168. The number of allylic oxidation sites excluding steroid dienone is 1. The van der Waals surface area contributed by atoms with Gasteiger partial charge in [0.1, 0.15) is 0 Å². The number of halogens is 3. The van der Waals surface area contributed by atoms with Crippen LogP contribution in [0, 0.1) is 0 Å². The second kappa shape index (κ2) is 6.45. The first-order valence-electron chi connectivity index (χ1n) is 4.92. The zero-order chi connectivity index (χ0) is 12.8. The normalized spacial score (nSPS) is 11.8. The van der Waals surface area contributed by atoms with Gasteiger partial charge >= 0.3 is 6.61 Å². The van der Waals surface area contributed by atoms with Gasteiger partial charge in [0.15, 0.2) is 11.5 Å². The van der Waals surface area contributed by atoms with Gasteiger partial charge < -0.3 is 9.47 Å². The average molecular weight is 263 g/mol. The second-order valence-electron chi connectivity index (χ2n) is 3.41. The van der Waals surface area contributed by atoms with Crippen molar-refractivity contribution in [1.29, 1.82) is 0 Å². The van der Waals surface area contributed by atoms with Crippen molar-refractivity contribution in [3.8, 4) is 11.5 Å². The van der Waals surface area contributed by atoms with Gasteiger partial charge in [-0.2, -0.15) is 8.78 Å². The number of methoxy groups -OCH3 is 1. The Labute approximate surface area is 104 Å². The Morgan fingerprint density at radius 1 is 1.41 bits per heavy atom. The molecule has 0 aliphatic heterocycles. The van der Waals surface area contributed by atoms with Crippen LogP contribution >= 0.6 is 11.6 Å². The minimum Gasteiger partial charge on any atom is -0.493 e. The van der Waals surface area contributed by atoms with Crippen molar-refractivity contribution in [2.24, 2.45) is 0 Å². The van der Waals surface area contributed by atoms with Crippen molar-refractivity contribution in [2.45, 2.75) is 13.5 Å². The summed E-state index contributed by atoms with van der Waals surface area (Å²) in [6.45, 7) is -0.988. The van der Waals surface area contributed by atoms with Crippen LogP contribution in [0.4, 0.5) is 8.78 Å². The average Bonchev–Trinajstić information content (AvgIpc) is 2.30. The molecule has 0 spiro atoms. The molecule has 0 aliphatic rings. The largest absolute Gasteiger partial charge is 0.493 e. The number of ether oxygens (including phenoxy) is 2. The fraction of sp³-hybridized carbons (Fsp3) is 0.333. The summed E-state index contributed by atoms with van der Waals surface area (Å²) in [6.07, 6.45) is 1.85. The molecule has 0 aromatic heterocycles. The highest BCUT2D eigenvalue weighted by Gasteiger charge is 2.10. The first-order chi connectivity index (χ1) is 8.06. The van der Waals surface area contributed by atoms with E-state index in [1.54, 1.807) is 12.1 Å². The predicted octanol–water partition coefficient (Wildman–Crippen LogP) is 3.94. The van der Waals surface area contributed by atoms with Gasteiger partial charge in [0.2, 0.25) is 0 Å². The van der Waals surface area contributed by atoms with Crippen molar-refractivity contribution >= 4 is 17.7 Å². The van der Waals surface area contributed by atoms with Gasteiger partial charge in [-0.3, -0.25) is 0 Å². The van der Waals surface area contributed by atoms with Gasteiger partial charge in [-0.25, -0.2) is 0 Å². The molecule has 0 radical (unpaired) electrons. The van der Waals surface area contributed by atoms with Crippen LogP contribution in [0.15, 0.2) is 23.8 Å². The molecular weight excluding hydrogens is 250 g/mol. The maximum atomic E-state index is 12.1. The monoisotopic (exact) mass is 262 g/mol. The maximum Gasteiger partial charge on any atom is 0.387 e. The maximum absolute atomic E-state index is 12.1. The first-order valence-corrected chi connectivity index (χ1v) is 5.46. The molecule has 0 N–H and O–H groups in total. The summed E-state index contributed by atoms with van der Waals surface area (Å²) >= 11 is 5.65. The van der Waals surface area contributed by atoms with Gasteiger partial charge in [-0.05, 0) is 24.6 Å². The lowest BCUT2D eigenvalue weighted by molar-refractivity contribution is -0.0512. The minimum atomic E-state index is -2.87. The Kier molecular flexibility index (Phi) is 5.22. The van der Waals surface area contributed by atoms with Crippen LogP contribution in [0.3, 0.4) is 0 Å². The number of hydrogen-bond donors (Lipinski definition) is 0. The molecule has 1 rings (SSSR count). The Morgan fingerprint density at radius 2 is 2.12 bits per heavy atom. The summed E-state index contributed by atoms with van der Waals surface area (Å²) in [6, 6.07) is 4.72. The van der Waals surface area contributed by atoms with Crippen LogP contribution in [0.5, 0.6) is 11.5 Å². The number of rotatable bonds is 5. The lowest BCUT2D eigenvalue weighted by Crippen LogP contribution is -2.03. The molecule has 0 bridgehead atoms. The standard InChI is InChI=1S/C12H13ClF2O2/c1-8(7-13)5-9-3-4-10(17-12(14)15)11(6-9)16-2/h3-6,12H,7H2,1-2H3. The number of hydrogen-bond acceptors (Lipinski definition) is 2. The highest BCUT2D eigenvalue weighted by atomic mass is 35.5. The molecule has 94 valence electrons. The van der Waals surface area contributed by atoms with Crippen LogP contribution in [0.1, 0.15) is 12.5 Å². The van der Waals surface area contributed by atoms with Gasteiger partial charge in [0.05, 0.1) is 7.11 Å². The van der Waals surface area contributed by atoms with Crippen molar-refractivity contribution in [1.82, 2.24) is 0 Å². The molecule has 0 unspecified atom stereocenters. The van der Waals surface area contributed by atoms with Crippen molar-refractivity contribution in [2.75, 3.05) is 13.0 Å². The van der Waals surface area contributed by atoms with E-state index in [1.165, 1.54) is 13.2 Å². The van der Waals surface area contributed by atoms with Crippen LogP contribution in [0.2, 0.25) is 0 Å².